The van der Waals surface area contributed by atoms with Crippen molar-refractivity contribution in [3.05, 3.63) is 0 Å². The summed E-state index contributed by atoms with van der Waals surface area (Å²) in [6.45, 7) is 2.38. The minimum Gasteiger partial charge on any atom is -0.346 e. The maximum Gasteiger partial charge on any atom is 0.394 e. The van der Waals surface area contributed by atoms with E-state index in [2.05, 4.69) is 4.72 Å². The molecule has 0 saturated carbocycles. The van der Waals surface area contributed by atoms with Gasteiger partial charge in [-0.05, 0) is 12.8 Å². The lowest BCUT2D eigenvalue weighted by Crippen LogP contribution is -2.47. The molecule has 1 unspecified atom stereocenters. The number of carbonyl (C=O) groups is 1. The quantitative estimate of drug-likeness (QED) is 0.831. The van der Waals surface area contributed by atoms with Crippen LogP contribution in [0, 0.1) is 5.41 Å². The lowest BCUT2D eigenvalue weighted by atomic mass is 9.90. The average molecular weight is 330 g/mol. The van der Waals surface area contributed by atoms with Crippen LogP contribution in [0.25, 0.3) is 0 Å². The van der Waals surface area contributed by atoms with Crippen molar-refractivity contribution in [1.29, 1.82) is 0 Å². The lowest BCUT2D eigenvalue weighted by molar-refractivity contribution is -0.211. The number of piperidine rings is 1. The van der Waals surface area contributed by atoms with Gasteiger partial charge in [0.2, 0.25) is 15.9 Å². The Bertz CT molecular complexity index is 488. The van der Waals surface area contributed by atoms with Crippen LogP contribution in [0.3, 0.4) is 0 Å². The first-order valence-electron chi connectivity index (χ1n) is 6.65. The summed E-state index contributed by atoms with van der Waals surface area (Å²) in [6, 6.07) is -0.535. The topological polar surface area (TPSA) is 66.5 Å². The van der Waals surface area contributed by atoms with Gasteiger partial charge in [-0.2, -0.15) is 13.2 Å². The van der Waals surface area contributed by atoms with Gasteiger partial charge in [0.25, 0.3) is 0 Å². The molecule has 1 heterocycles. The Morgan fingerprint density at radius 3 is 2.38 bits per heavy atom. The van der Waals surface area contributed by atoms with Gasteiger partial charge in [0.1, 0.15) is 0 Å². The molecule has 1 saturated heterocycles. The number of nitrogens with zero attached hydrogens (tertiary/aromatic N) is 1. The van der Waals surface area contributed by atoms with Gasteiger partial charge in [-0.3, -0.25) is 4.79 Å². The van der Waals surface area contributed by atoms with E-state index in [1.807, 2.05) is 0 Å². The van der Waals surface area contributed by atoms with E-state index in [1.165, 1.54) is 4.90 Å². The summed E-state index contributed by atoms with van der Waals surface area (Å²) in [5.74, 6) is -0.787. The maximum atomic E-state index is 12.7. The van der Waals surface area contributed by atoms with Gasteiger partial charge in [-0.25, -0.2) is 13.1 Å². The molecule has 1 fully saturated rings. The van der Waals surface area contributed by atoms with Crippen LogP contribution in [-0.4, -0.2) is 50.8 Å². The molecule has 0 bridgehead atoms. The minimum absolute atomic E-state index is 0.0401. The number of sulfonamides is 1. The molecule has 5 nitrogen and oxygen atoms in total. The molecule has 1 aliphatic rings. The van der Waals surface area contributed by atoms with Gasteiger partial charge in [0.05, 0.1) is 11.2 Å². The van der Waals surface area contributed by atoms with Gasteiger partial charge < -0.3 is 4.90 Å². The molecule has 1 N–H and O–H groups in total. The summed E-state index contributed by atoms with van der Waals surface area (Å²) < 4.78 is 64.1. The first-order chi connectivity index (χ1) is 9.34. The highest BCUT2D eigenvalue weighted by molar-refractivity contribution is 7.89. The van der Waals surface area contributed by atoms with E-state index in [0.29, 0.717) is 13.0 Å². The Labute approximate surface area is 122 Å². The van der Waals surface area contributed by atoms with Gasteiger partial charge in [0, 0.05) is 26.1 Å². The van der Waals surface area contributed by atoms with Crippen LogP contribution in [-0.2, 0) is 14.8 Å². The molecular weight excluding hydrogens is 309 g/mol. The van der Waals surface area contributed by atoms with E-state index in [0.717, 1.165) is 13.8 Å². The second kappa shape index (κ2) is 6.12. The molecule has 0 aromatic rings. The number of rotatable bonds is 5. The van der Waals surface area contributed by atoms with Crippen molar-refractivity contribution in [2.24, 2.45) is 5.41 Å². The van der Waals surface area contributed by atoms with Gasteiger partial charge in [-0.1, -0.05) is 13.8 Å². The van der Waals surface area contributed by atoms with E-state index in [9.17, 15) is 26.4 Å². The second-order valence-corrected chi connectivity index (χ2v) is 7.95. The number of halogens is 3. The van der Waals surface area contributed by atoms with Crippen molar-refractivity contribution >= 4 is 15.9 Å². The SMILES string of the molecule is CN1CCC(NS(=O)(=O)CCC(C)(C)C(F)(F)F)CC1=O. The molecule has 1 rings (SSSR count). The van der Waals surface area contributed by atoms with Crippen molar-refractivity contribution in [2.75, 3.05) is 19.3 Å². The molecule has 1 aliphatic heterocycles. The van der Waals surface area contributed by atoms with E-state index in [1.54, 1.807) is 7.05 Å². The first-order valence-corrected chi connectivity index (χ1v) is 8.30. The van der Waals surface area contributed by atoms with E-state index in [-0.39, 0.29) is 12.3 Å². The minimum atomic E-state index is -4.45. The lowest BCUT2D eigenvalue weighted by Gasteiger charge is -2.30. The summed E-state index contributed by atoms with van der Waals surface area (Å²) in [6.07, 6.45) is -4.47. The zero-order valence-corrected chi connectivity index (χ0v) is 13.1. The van der Waals surface area contributed by atoms with E-state index in [4.69, 9.17) is 0 Å². The van der Waals surface area contributed by atoms with E-state index >= 15 is 0 Å². The average Bonchev–Trinajstić information content (AvgIpc) is 2.30. The highest BCUT2D eigenvalue weighted by atomic mass is 32.2. The largest absolute Gasteiger partial charge is 0.394 e. The summed E-state index contributed by atoms with van der Waals surface area (Å²) in [5, 5.41) is 0. The number of likely N-dealkylation sites (tertiary alicyclic amines) is 1. The number of carbonyl (C=O) groups excluding carboxylic acids is 1. The Morgan fingerprint density at radius 2 is 1.90 bits per heavy atom. The Balaban J connectivity index is 2.57. The molecule has 0 radical (unpaired) electrons. The summed E-state index contributed by atoms with van der Waals surface area (Å²) in [5.41, 5.74) is -2.07. The number of hydrogen-bond acceptors (Lipinski definition) is 3. The van der Waals surface area contributed by atoms with Gasteiger partial charge in [-0.15, -0.1) is 0 Å². The van der Waals surface area contributed by atoms with E-state index < -0.39 is 39.8 Å². The molecule has 1 atom stereocenters. The number of hydrogen-bond donors (Lipinski definition) is 1. The molecule has 0 aromatic heterocycles. The molecule has 1 amide bonds. The Kier molecular flexibility index (Phi) is 5.31. The fourth-order valence-electron chi connectivity index (χ4n) is 1.89. The Hall–Kier alpha value is -0.830. The van der Waals surface area contributed by atoms with Crippen molar-refractivity contribution in [3.63, 3.8) is 0 Å². The van der Waals surface area contributed by atoms with Crippen LogP contribution in [0.15, 0.2) is 0 Å². The molecule has 124 valence electrons. The highest BCUT2D eigenvalue weighted by Crippen LogP contribution is 2.40. The smallest absolute Gasteiger partial charge is 0.346 e. The van der Waals surface area contributed by atoms with Crippen LogP contribution < -0.4 is 4.72 Å². The highest BCUT2D eigenvalue weighted by Gasteiger charge is 2.47. The van der Waals surface area contributed by atoms with Crippen molar-refractivity contribution in [2.45, 2.75) is 45.3 Å². The van der Waals surface area contributed by atoms with Crippen molar-refractivity contribution in [3.8, 4) is 0 Å². The van der Waals surface area contributed by atoms with Crippen LogP contribution >= 0.6 is 0 Å². The third kappa shape index (κ3) is 5.14. The number of amides is 1. The van der Waals surface area contributed by atoms with Gasteiger partial charge >= 0.3 is 6.18 Å². The fourth-order valence-corrected chi connectivity index (χ4v) is 3.49. The summed E-state index contributed by atoms with van der Waals surface area (Å²) in [4.78, 5) is 13.0. The first kappa shape index (κ1) is 18.2. The standard InChI is InChI=1S/C12H21F3N2O3S/c1-11(2,12(13,14)15)5-7-21(19,20)16-9-4-6-17(3)10(18)8-9/h9,16H,4-8H2,1-3H3. The normalized spacial score (nSPS) is 21.7. The zero-order chi connectivity index (χ0) is 16.5. The molecular formula is C12H21F3N2O3S. The molecule has 0 aromatic carbocycles. The molecule has 21 heavy (non-hydrogen) atoms. The summed E-state index contributed by atoms with van der Waals surface area (Å²) in [7, 11) is -2.21. The number of nitrogens with one attached hydrogen (secondary N) is 1. The second-order valence-electron chi connectivity index (χ2n) is 6.07. The maximum absolute atomic E-state index is 12.7. The fraction of sp³-hybridized carbons (Fsp3) is 0.917. The molecule has 0 spiro atoms. The predicted octanol–water partition coefficient (Wildman–Crippen LogP) is 1.51. The molecule has 9 heteroatoms. The van der Waals surface area contributed by atoms with Crippen molar-refractivity contribution < 1.29 is 26.4 Å². The van der Waals surface area contributed by atoms with Gasteiger partial charge in [0.15, 0.2) is 0 Å². The third-order valence-electron chi connectivity index (χ3n) is 3.77. The van der Waals surface area contributed by atoms with Crippen LogP contribution in [0.5, 0.6) is 0 Å². The zero-order valence-electron chi connectivity index (χ0n) is 12.3. The third-order valence-corrected chi connectivity index (χ3v) is 5.20. The van der Waals surface area contributed by atoms with Crippen LogP contribution in [0.1, 0.15) is 33.1 Å². The number of alkyl halides is 3. The summed E-state index contributed by atoms with van der Waals surface area (Å²) >= 11 is 0. The molecule has 0 aliphatic carbocycles. The Morgan fingerprint density at radius 1 is 1.33 bits per heavy atom. The monoisotopic (exact) mass is 330 g/mol. The van der Waals surface area contributed by atoms with Crippen LogP contribution in [0.4, 0.5) is 13.2 Å². The van der Waals surface area contributed by atoms with Crippen molar-refractivity contribution in [1.82, 2.24) is 9.62 Å². The van der Waals surface area contributed by atoms with Crippen LogP contribution in [0.2, 0.25) is 0 Å². The predicted molar refractivity (Wildman–Crippen MR) is 72.0 cm³/mol.